The molecule has 6 nitrogen and oxygen atoms in total. The van der Waals surface area contributed by atoms with E-state index in [2.05, 4.69) is 29.2 Å². The molecule has 1 aliphatic rings. The third kappa shape index (κ3) is 3.02. The molecule has 3 N–H and O–H groups in total. The summed E-state index contributed by atoms with van der Waals surface area (Å²) in [6.45, 7) is 8.98. The average Bonchev–Trinajstić information content (AvgIpc) is 2.87. The topological polar surface area (TPSA) is 76.3 Å². The van der Waals surface area contributed by atoms with E-state index in [0.29, 0.717) is 11.7 Å². The van der Waals surface area contributed by atoms with Gasteiger partial charge in [-0.05, 0) is 13.3 Å². The lowest BCUT2D eigenvalue weighted by atomic mass is 10.1. The molecule has 2 heterocycles. The van der Waals surface area contributed by atoms with E-state index in [-0.39, 0.29) is 5.92 Å². The first-order valence-electron chi connectivity index (χ1n) is 7.15. The van der Waals surface area contributed by atoms with Gasteiger partial charge in [-0.2, -0.15) is 0 Å². The SMILES string of the molecule is COCC1CCN(c2nc(C(C)C)nc(NN)c2C)C1. The van der Waals surface area contributed by atoms with Gasteiger partial charge in [-0.3, -0.25) is 0 Å². The zero-order valence-electron chi connectivity index (χ0n) is 12.8. The van der Waals surface area contributed by atoms with Crippen molar-refractivity contribution in [2.45, 2.75) is 33.1 Å². The van der Waals surface area contributed by atoms with Crippen molar-refractivity contribution in [2.75, 3.05) is 37.1 Å². The zero-order valence-corrected chi connectivity index (χ0v) is 12.8. The Balaban J connectivity index is 2.29. The van der Waals surface area contributed by atoms with E-state index in [9.17, 15) is 0 Å². The fourth-order valence-electron chi connectivity index (χ4n) is 2.63. The molecule has 1 fully saturated rings. The molecule has 1 aliphatic heterocycles. The average molecular weight is 279 g/mol. The number of nitrogens with one attached hydrogen (secondary N) is 1. The third-order valence-electron chi connectivity index (χ3n) is 3.78. The van der Waals surface area contributed by atoms with Crippen molar-refractivity contribution in [3.05, 3.63) is 11.4 Å². The Morgan fingerprint density at radius 3 is 2.80 bits per heavy atom. The maximum absolute atomic E-state index is 5.58. The van der Waals surface area contributed by atoms with Crippen LogP contribution in [0.2, 0.25) is 0 Å². The van der Waals surface area contributed by atoms with Crippen molar-refractivity contribution in [3.8, 4) is 0 Å². The van der Waals surface area contributed by atoms with Crippen LogP contribution in [-0.4, -0.2) is 36.8 Å². The molecule has 0 spiro atoms. The van der Waals surface area contributed by atoms with Gasteiger partial charge in [0.2, 0.25) is 0 Å². The molecule has 112 valence electrons. The van der Waals surface area contributed by atoms with Gasteiger partial charge in [0.15, 0.2) is 0 Å². The molecule has 0 aliphatic carbocycles. The van der Waals surface area contributed by atoms with Crippen LogP contribution in [0, 0.1) is 12.8 Å². The van der Waals surface area contributed by atoms with Crippen LogP contribution in [0.5, 0.6) is 0 Å². The summed E-state index contributed by atoms with van der Waals surface area (Å²) in [5, 5.41) is 0. The Kier molecular flexibility index (Phi) is 4.77. The third-order valence-corrected chi connectivity index (χ3v) is 3.78. The number of ether oxygens (including phenoxy) is 1. The molecular formula is C14H25N5O. The maximum atomic E-state index is 5.58. The molecule has 6 heteroatoms. The van der Waals surface area contributed by atoms with Gasteiger partial charge in [0, 0.05) is 37.6 Å². The molecular weight excluding hydrogens is 254 g/mol. The molecule has 0 saturated carbocycles. The van der Waals surface area contributed by atoms with E-state index in [1.807, 2.05) is 6.92 Å². The number of hydrogen-bond acceptors (Lipinski definition) is 6. The lowest BCUT2D eigenvalue weighted by molar-refractivity contribution is 0.161. The highest BCUT2D eigenvalue weighted by atomic mass is 16.5. The summed E-state index contributed by atoms with van der Waals surface area (Å²) >= 11 is 0. The lowest BCUT2D eigenvalue weighted by Gasteiger charge is -2.22. The van der Waals surface area contributed by atoms with Crippen LogP contribution < -0.4 is 16.2 Å². The number of nitrogen functional groups attached to an aromatic ring is 1. The minimum Gasteiger partial charge on any atom is -0.384 e. The molecule has 1 atom stereocenters. The highest BCUT2D eigenvalue weighted by molar-refractivity contribution is 5.58. The highest BCUT2D eigenvalue weighted by Gasteiger charge is 2.26. The number of hydrazine groups is 1. The van der Waals surface area contributed by atoms with Gasteiger partial charge >= 0.3 is 0 Å². The zero-order chi connectivity index (χ0) is 14.7. The number of nitrogens with zero attached hydrogens (tertiary/aromatic N) is 3. The quantitative estimate of drug-likeness (QED) is 0.630. The minimum absolute atomic E-state index is 0.277. The second kappa shape index (κ2) is 6.37. The van der Waals surface area contributed by atoms with E-state index >= 15 is 0 Å². The molecule has 2 rings (SSSR count). The summed E-state index contributed by atoms with van der Waals surface area (Å²) in [7, 11) is 1.76. The van der Waals surface area contributed by atoms with Crippen molar-refractivity contribution in [1.29, 1.82) is 0 Å². The Morgan fingerprint density at radius 1 is 1.45 bits per heavy atom. The smallest absolute Gasteiger partial charge is 0.148 e. The molecule has 1 aromatic rings. The molecule has 1 unspecified atom stereocenters. The van der Waals surface area contributed by atoms with Gasteiger partial charge in [0.25, 0.3) is 0 Å². The number of hydrogen-bond donors (Lipinski definition) is 2. The normalized spacial score (nSPS) is 18.9. The highest BCUT2D eigenvalue weighted by Crippen LogP contribution is 2.29. The molecule has 0 radical (unpaired) electrons. The van der Waals surface area contributed by atoms with Gasteiger partial charge in [-0.1, -0.05) is 13.8 Å². The molecule has 1 aromatic heterocycles. The van der Waals surface area contributed by atoms with Crippen LogP contribution in [0.15, 0.2) is 0 Å². The first-order chi connectivity index (χ1) is 9.56. The Labute approximate surface area is 120 Å². The fourth-order valence-corrected chi connectivity index (χ4v) is 2.63. The number of rotatable bonds is 5. The van der Waals surface area contributed by atoms with Gasteiger partial charge in [0.1, 0.15) is 17.5 Å². The summed E-state index contributed by atoms with van der Waals surface area (Å²) in [6.07, 6.45) is 1.14. The molecule has 0 bridgehead atoms. The predicted molar refractivity (Wildman–Crippen MR) is 80.9 cm³/mol. The van der Waals surface area contributed by atoms with Crippen LogP contribution in [0.1, 0.15) is 37.6 Å². The Bertz CT molecular complexity index is 463. The van der Waals surface area contributed by atoms with E-state index in [0.717, 1.165) is 43.3 Å². The molecule has 20 heavy (non-hydrogen) atoms. The first kappa shape index (κ1) is 15.0. The maximum Gasteiger partial charge on any atom is 0.148 e. The summed E-state index contributed by atoms with van der Waals surface area (Å²) in [4.78, 5) is 11.5. The molecule has 0 aromatic carbocycles. The number of nitrogens with two attached hydrogens (primary N) is 1. The van der Waals surface area contributed by atoms with Crippen LogP contribution in [0.3, 0.4) is 0 Å². The standard InChI is InChI=1S/C14H25N5O/c1-9(2)12-16-13(18-15)10(3)14(17-12)19-6-5-11(7-19)8-20-4/h9,11H,5-8,15H2,1-4H3,(H,16,17,18). The van der Waals surface area contributed by atoms with Gasteiger partial charge in [0.05, 0.1) is 6.61 Å². The Hall–Kier alpha value is -1.40. The number of aromatic nitrogens is 2. The van der Waals surface area contributed by atoms with E-state index < -0.39 is 0 Å². The number of anilines is 2. The van der Waals surface area contributed by atoms with Crippen molar-refractivity contribution < 1.29 is 4.74 Å². The van der Waals surface area contributed by atoms with Crippen LogP contribution in [0.25, 0.3) is 0 Å². The summed E-state index contributed by atoms with van der Waals surface area (Å²) < 4.78 is 5.26. The summed E-state index contributed by atoms with van der Waals surface area (Å²) in [6, 6.07) is 0. The van der Waals surface area contributed by atoms with Gasteiger partial charge in [-0.25, -0.2) is 15.8 Å². The van der Waals surface area contributed by atoms with Crippen molar-refractivity contribution in [2.24, 2.45) is 11.8 Å². The Morgan fingerprint density at radius 2 is 2.20 bits per heavy atom. The van der Waals surface area contributed by atoms with Crippen LogP contribution >= 0.6 is 0 Å². The summed E-state index contributed by atoms with van der Waals surface area (Å²) in [5.41, 5.74) is 3.70. The van der Waals surface area contributed by atoms with Crippen molar-refractivity contribution >= 4 is 11.6 Å². The second-order valence-corrected chi connectivity index (χ2v) is 5.73. The second-order valence-electron chi connectivity index (χ2n) is 5.73. The van der Waals surface area contributed by atoms with Crippen LogP contribution in [-0.2, 0) is 4.74 Å². The van der Waals surface area contributed by atoms with E-state index in [4.69, 9.17) is 15.6 Å². The van der Waals surface area contributed by atoms with E-state index in [1.165, 1.54) is 0 Å². The van der Waals surface area contributed by atoms with E-state index in [1.54, 1.807) is 7.11 Å². The molecule has 0 amide bonds. The fraction of sp³-hybridized carbons (Fsp3) is 0.714. The lowest BCUT2D eigenvalue weighted by Crippen LogP contribution is -2.25. The number of methoxy groups -OCH3 is 1. The monoisotopic (exact) mass is 279 g/mol. The first-order valence-corrected chi connectivity index (χ1v) is 7.15. The van der Waals surface area contributed by atoms with Crippen LogP contribution in [0.4, 0.5) is 11.6 Å². The minimum atomic E-state index is 0.277. The molecule has 1 saturated heterocycles. The van der Waals surface area contributed by atoms with Gasteiger partial charge < -0.3 is 15.1 Å². The van der Waals surface area contributed by atoms with Crippen molar-refractivity contribution in [3.63, 3.8) is 0 Å². The predicted octanol–water partition coefficient (Wildman–Crippen LogP) is 1.67. The van der Waals surface area contributed by atoms with Crippen molar-refractivity contribution in [1.82, 2.24) is 9.97 Å². The largest absolute Gasteiger partial charge is 0.384 e. The van der Waals surface area contributed by atoms with Gasteiger partial charge in [-0.15, -0.1) is 0 Å². The summed E-state index contributed by atoms with van der Waals surface area (Å²) in [5.74, 6) is 8.98.